The third-order valence-corrected chi connectivity index (χ3v) is 9.13. The van der Waals surface area contributed by atoms with Crippen LogP contribution in [-0.2, 0) is 34.0 Å². The van der Waals surface area contributed by atoms with E-state index in [2.05, 4.69) is 10.6 Å². The number of alkyl carbamates (subject to hydrolysis) is 1. The summed E-state index contributed by atoms with van der Waals surface area (Å²) in [7, 11) is 0. The van der Waals surface area contributed by atoms with Crippen LogP contribution in [0.25, 0.3) is 10.9 Å². The normalized spacial score (nSPS) is 13.7. The molecule has 1 aromatic heterocycles. The molecule has 1 aliphatic rings. The summed E-state index contributed by atoms with van der Waals surface area (Å²) in [6.45, 7) is 6.72. The first kappa shape index (κ1) is 39.9. The number of nitrogens with zero attached hydrogens (tertiary/aromatic N) is 3. The summed E-state index contributed by atoms with van der Waals surface area (Å²) in [5.74, 6) is -3.49. The van der Waals surface area contributed by atoms with Crippen molar-refractivity contribution < 1.29 is 42.5 Å². The minimum Gasteiger partial charge on any atom is -0.477 e. The van der Waals surface area contributed by atoms with Crippen molar-refractivity contribution in [1.29, 1.82) is 0 Å². The molecule has 2 heterocycles. The monoisotopic (exact) mass is 759 g/mol. The first-order valence-electron chi connectivity index (χ1n) is 17.8. The number of fused-ring (bicyclic) bond motifs is 1. The highest BCUT2D eigenvalue weighted by molar-refractivity contribution is 5.94. The summed E-state index contributed by atoms with van der Waals surface area (Å²) < 4.78 is 42.6. The Bertz CT molecular complexity index is 2110. The molecule has 0 radical (unpaired) electrons. The van der Waals surface area contributed by atoms with E-state index in [1.165, 1.54) is 17.2 Å². The summed E-state index contributed by atoms with van der Waals surface area (Å²) in [4.78, 5) is 65.2. The topological polar surface area (TPSA) is 160 Å². The van der Waals surface area contributed by atoms with Gasteiger partial charge in [0.2, 0.25) is 11.3 Å². The van der Waals surface area contributed by atoms with E-state index in [4.69, 9.17) is 9.47 Å². The van der Waals surface area contributed by atoms with Crippen molar-refractivity contribution in [3.8, 4) is 0 Å². The molecule has 13 nitrogen and oxygen atoms in total. The van der Waals surface area contributed by atoms with Crippen molar-refractivity contribution >= 4 is 46.3 Å². The van der Waals surface area contributed by atoms with Crippen molar-refractivity contribution in [3.63, 3.8) is 0 Å². The molecule has 1 aliphatic heterocycles. The Morgan fingerprint density at radius 1 is 0.927 bits per heavy atom. The third kappa shape index (κ3) is 10.2. The van der Waals surface area contributed by atoms with Crippen LogP contribution in [0.3, 0.4) is 0 Å². The first-order chi connectivity index (χ1) is 26.3. The van der Waals surface area contributed by atoms with Gasteiger partial charge in [0.25, 0.3) is 0 Å². The smallest absolute Gasteiger partial charge is 0.410 e. The van der Waals surface area contributed by atoms with E-state index in [0.717, 1.165) is 17.7 Å². The number of aryl methyl sites for hydroxylation is 1. The summed E-state index contributed by atoms with van der Waals surface area (Å²) in [6.07, 6.45) is 0.775. The fourth-order valence-corrected chi connectivity index (χ4v) is 6.08. The molecule has 3 amide bonds. The van der Waals surface area contributed by atoms with E-state index in [1.807, 2.05) is 18.2 Å². The SMILES string of the molecule is CCn1cc(C(=O)O)c(=O)c2cc(F)c(N3CCN(C(=O)OCc4ccc(NC(=O)C/C=C(\F)[C@@H](NC(=O)OCc5ccccc5)C(C)C)cc4)CC3)cc21. The maximum absolute atomic E-state index is 15.2. The first-order valence-corrected chi connectivity index (χ1v) is 17.8. The number of rotatable bonds is 13. The van der Waals surface area contributed by atoms with Crippen molar-refractivity contribution in [1.82, 2.24) is 14.8 Å². The fraction of sp³-hybridized carbons (Fsp3) is 0.325. The molecular weight excluding hydrogens is 716 g/mol. The van der Waals surface area contributed by atoms with E-state index >= 15 is 8.78 Å². The molecule has 55 heavy (non-hydrogen) atoms. The summed E-state index contributed by atoms with van der Waals surface area (Å²) >= 11 is 0. The number of hydrogen-bond acceptors (Lipinski definition) is 8. The van der Waals surface area contributed by atoms with Gasteiger partial charge in [-0.1, -0.05) is 56.3 Å². The Balaban J connectivity index is 1.07. The minimum atomic E-state index is -1.38. The standard InChI is InChI=1S/C40H43F2N5O8/c1-4-45-22-30(38(50)51)37(49)29-20-32(42)34(21-33(29)45)46-16-18-47(19-17-46)40(53)55-24-27-10-12-28(13-11-27)43-35(48)15-14-31(41)36(25(2)3)44-39(52)54-23-26-8-6-5-7-9-26/h5-14,20-22,25,36H,4,15-19,23-24H2,1-3H3,(H,43,48)(H,44,52)(H,50,51)/b31-14-/t36-/m0/s1. The number of aromatic carboxylic acids is 1. The Hall–Kier alpha value is -6.25. The Labute approximate surface area is 316 Å². The number of carbonyl (C=O) groups excluding carboxylic acids is 3. The predicted octanol–water partition coefficient (Wildman–Crippen LogP) is 6.45. The molecule has 0 spiro atoms. The minimum absolute atomic E-state index is 0.0201. The molecule has 1 saturated heterocycles. The molecule has 3 aromatic carbocycles. The maximum Gasteiger partial charge on any atom is 0.410 e. The molecule has 15 heteroatoms. The van der Waals surface area contributed by atoms with E-state index in [1.54, 1.807) is 66.6 Å². The molecule has 4 aromatic rings. The van der Waals surface area contributed by atoms with Crippen LogP contribution in [-0.4, -0.2) is 70.9 Å². The molecule has 0 saturated carbocycles. The van der Waals surface area contributed by atoms with Gasteiger partial charge < -0.3 is 39.6 Å². The number of pyridine rings is 1. The van der Waals surface area contributed by atoms with E-state index in [0.29, 0.717) is 36.4 Å². The molecule has 3 N–H and O–H groups in total. The summed E-state index contributed by atoms with van der Waals surface area (Å²) in [5, 5.41) is 14.6. The zero-order chi connectivity index (χ0) is 39.6. The highest BCUT2D eigenvalue weighted by Crippen LogP contribution is 2.27. The van der Waals surface area contributed by atoms with E-state index in [9.17, 15) is 29.1 Å². The van der Waals surface area contributed by atoms with Crippen LogP contribution in [0, 0.1) is 11.7 Å². The number of carbonyl (C=O) groups is 4. The van der Waals surface area contributed by atoms with Crippen LogP contribution < -0.4 is 21.0 Å². The molecule has 290 valence electrons. The summed E-state index contributed by atoms with van der Waals surface area (Å²) in [6, 6.07) is 17.3. The third-order valence-electron chi connectivity index (χ3n) is 9.13. The van der Waals surface area contributed by atoms with Crippen LogP contribution in [0.15, 0.2) is 89.6 Å². The van der Waals surface area contributed by atoms with Crippen LogP contribution in [0.5, 0.6) is 0 Å². The maximum atomic E-state index is 15.2. The Morgan fingerprint density at radius 3 is 2.22 bits per heavy atom. The van der Waals surface area contributed by atoms with Crippen molar-refractivity contribution in [3.05, 3.63) is 118 Å². The average molecular weight is 760 g/mol. The lowest BCUT2D eigenvalue weighted by molar-refractivity contribution is -0.115. The molecule has 1 fully saturated rings. The number of carboxylic acid groups (broad SMARTS) is 1. The largest absolute Gasteiger partial charge is 0.477 e. The van der Waals surface area contributed by atoms with Crippen LogP contribution in [0.1, 0.15) is 48.7 Å². The van der Waals surface area contributed by atoms with Gasteiger partial charge in [-0.3, -0.25) is 9.59 Å². The number of nitrogens with one attached hydrogen (secondary N) is 2. The second kappa shape index (κ2) is 18.2. The highest BCUT2D eigenvalue weighted by atomic mass is 19.1. The number of piperazine rings is 1. The van der Waals surface area contributed by atoms with Gasteiger partial charge in [0.05, 0.1) is 17.2 Å². The summed E-state index contributed by atoms with van der Waals surface area (Å²) in [5.41, 5.74) is 1.37. The number of carboxylic acids is 1. The van der Waals surface area contributed by atoms with Crippen molar-refractivity contribution in [2.24, 2.45) is 5.92 Å². The van der Waals surface area contributed by atoms with Crippen LogP contribution >= 0.6 is 0 Å². The molecule has 1 atom stereocenters. The number of aromatic nitrogens is 1. The number of benzene rings is 3. The molecule has 5 rings (SSSR count). The van der Waals surface area contributed by atoms with Gasteiger partial charge in [0, 0.05) is 56.4 Å². The van der Waals surface area contributed by atoms with Gasteiger partial charge in [-0.25, -0.2) is 23.2 Å². The Kier molecular flexibility index (Phi) is 13.2. The molecule has 0 bridgehead atoms. The average Bonchev–Trinajstić information content (AvgIpc) is 3.18. The number of ether oxygens (including phenoxy) is 2. The predicted molar refractivity (Wildman–Crippen MR) is 202 cm³/mol. The second-order valence-corrected chi connectivity index (χ2v) is 13.3. The van der Waals surface area contributed by atoms with Gasteiger partial charge in [0.1, 0.15) is 30.4 Å². The van der Waals surface area contributed by atoms with Gasteiger partial charge in [-0.15, -0.1) is 0 Å². The Morgan fingerprint density at radius 2 is 1.58 bits per heavy atom. The van der Waals surface area contributed by atoms with E-state index < -0.39 is 52.7 Å². The number of hydrogen-bond donors (Lipinski definition) is 3. The molecular formula is C40H43F2N5O8. The quantitative estimate of drug-likeness (QED) is 0.139. The van der Waals surface area contributed by atoms with Crippen LogP contribution in [0.4, 0.5) is 29.7 Å². The molecule has 0 unspecified atom stereocenters. The zero-order valence-electron chi connectivity index (χ0n) is 30.7. The van der Waals surface area contributed by atoms with Gasteiger partial charge in [0.15, 0.2) is 0 Å². The van der Waals surface area contributed by atoms with Gasteiger partial charge in [-0.2, -0.15) is 0 Å². The highest BCUT2D eigenvalue weighted by Gasteiger charge is 2.26. The lowest BCUT2D eigenvalue weighted by Crippen LogP contribution is -2.49. The number of anilines is 2. The van der Waals surface area contributed by atoms with Gasteiger partial charge in [-0.05, 0) is 54.3 Å². The van der Waals surface area contributed by atoms with Crippen molar-refractivity contribution in [2.75, 3.05) is 36.4 Å². The lowest BCUT2D eigenvalue weighted by Gasteiger charge is -2.35. The zero-order valence-corrected chi connectivity index (χ0v) is 30.7. The van der Waals surface area contributed by atoms with Gasteiger partial charge >= 0.3 is 18.2 Å². The van der Waals surface area contributed by atoms with Crippen molar-refractivity contribution in [2.45, 2.75) is 53.0 Å². The second-order valence-electron chi connectivity index (χ2n) is 13.3. The fourth-order valence-electron chi connectivity index (χ4n) is 6.08. The van der Waals surface area contributed by atoms with Crippen LogP contribution in [0.2, 0.25) is 0 Å². The van der Waals surface area contributed by atoms with E-state index in [-0.39, 0.29) is 49.7 Å². The molecule has 0 aliphatic carbocycles. The number of halogens is 2. The number of amides is 3. The lowest BCUT2D eigenvalue weighted by atomic mass is 10.0.